The van der Waals surface area contributed by atoms with E-state index >= 15 is 0 Å². The van der Waals surface area contributed by atoms with Crippen molar-refractivity contribution in [3.63, 3.8) is 0 Å². The van der Waals surface area contributed by atoms with Gasteiger partial charge in [0.25, 0.3) is 5.92 Å². The molecule has 10 nitrogen and oxygen atoms in total. The van der Waals surface area contributed by atoms with Gasteiger partial charge in [0.05, 0.1) is 23.4 Å². The Bertz CT molecular complexity index is 1250. The zero-order chi connectivity index (χ0) is 24.7. The van der Waals surface area contributed by atoms with E-state index in [1.807, 2.05) is 6.92 Å². The molecule has 3 aromatic rings. The number of hydrogen-bond donors (Lipinski definition) is 2. The molecule has 0 spiro atoms. The van der Waals surface area contributed by atoms with Crippen molar-refractivity contribution in [2.75, 3.05) is 53.6 Å². The minimum absolute atomic E-state index is 0.0175. The first-order chi connectivity index (χ1) is 16.7. The molecular weight excluding hydrogens is 476 g/mol. The van der Waals surface area contributed by atoms with E-state index in [9.17, 15) is 13.6 Å². The predicted molar refractivity (Wildman–Crippen MR) is 132 cm³/mol. The number of pyridine rings is 1. The highest BCUT2D eigenvalue weighted by Gasteiger charge is 2.36. The summed E-state index contributed by atoms with van der Waals surface area (Å²) in [7, 11) is 0. The lowest BCUT2D eigenvalue weighted by molar-refractivity contribution is -0.0118. The molecule has 0 bridgehead atoms. The molecule has 186 valence electrons. The number of nitrogen functional groups attached to an aromatic ring is 1. The number of piperidine rings is 1. The number of urea groups is 1. The van der Waals surface area contributed by atoms with E-state index in [4.69, 9.17) is 5.73 Å². The van der Waals surface area contributed by atoms with Crippen molar-refractivity contribution in [1.29, 1.82) is 0 Å². The minimum atomic E-state index is -2.71. The van der Waals surface area contributed by atoms with E-state index in [1.54, 1.807) is 34.4 Å². The monoisotopic (exact) mass is 503 g/mol. The number of aromatic nitrogens is 4. The number of fused-ring (bicyclic) bond motifs is 1. The van der Waals surface area contributed by atoms with Gasteiger partial charge in [0.2, 0.25) is 5.95 Å². The largest absolute Gasteiger partial charge is 0.368 e. The molecular formula is C22H27F2N9OS. The van der Waals surface area contributed by atoms with Gasteiger partial charge in [-0.3, -0.25) is 0 Å². The molecule has 5 heterocycles. The Hall–Kier alpha value is -3.35. The molecule has 5 rings (SSSR count). The fourth-order valence-electron chi connectivity index (χ4n) is 4.63. The van der Waals surface area contributed by atoms with Crippen LogP contribution in [0.25, 0.3) is 10.3 Å². The van der Waals surface area contributed by atoms with Crippen molar-refractivity contribution in [1.82, 2.24) is 24.8 Å². The Morgan fingerprint density at radius 3 is 2.80 bits per heavy atom. The number of amides is 2. The van der Waals surface area contributed by atoms with Crippen LogP contribution >= 0.6 is 11.3 Å². The fraction of sp³-hybridized carbons (Fsp3) is 0.500. The summed E-state index contributed by atoms with van der Waals surface area (Å²) in [4.78, 5) is 36.7. The number of nitrogens with two attached hydrogens (primary N) is 1. The first kappa shape index (κ1) is 23.4. The molecule has 2 amide bonds. The third-order valence-electron chi connectivity index (χ3n) is 6.41. The summed E-state index contributed by atoms with van der Waals surface area (Å²) < 4.78 is 27.6. The molecule has 2 aliphatic heterocycles. The molecule has 3 N–H and O–H groups in total. The Morgan fingerprint density at radius 2 is 2.06 bits per heavy atom. The molecule has 0 radical (unpaired) electrons. The van der Waals surface area contributed by atoms with Crippen LogP contribution in [0.4, 0.5) is 36.8 Å². The zero-order valence-electron chi connectivity index (χ0n) is 19.5. The highest BCUT2D eigenvalue weighted by atomic mass is 32.1. The van der Waals surface area contributed by atoms with Crippen LogP contribution in [0.15, 0.2) is 17.6 Å². The number of anilines is 4. The molecule has 0 aliphatic carbocycles. The first-order valence-electron chi connectivity index (χ1n) is 11.5. The van der Waals surface area contributed by atoms with Gasteiger partial charge in [-0.1, -0.05) is 0 Å². The van der Waals surface area contributed by atoms with Crippen LogP contribution in [-0.4, -0.2) is 75.6 Å². The van der Waals surface area contributed by atoms with Gasteiger partial charge in [-0.15, -0.1) is 11.3 Å². The summed E-state index contributed by atoms with van der Waals surface area (Å²) in [5.41, 5.74) is 9.46. The third-order valence-corrected chi connectivity index (χ3v) is 7.13. The minimum Gasteiger partial charge on any atom is -0.368 e. The van der Waals surface area contributed by atoms with Crippen molar-refractivity contribution in [2.24, 2.45) is 0 Å². The van der Waals surface area contributed by atoms with Gasteiger partial charge >= 0.3 is 6.03 Å². The number of aryl methyl sites for hydroxylation is 1. The van der Waals surface area contributed by atoms with Crippen LogP contribution in [0.3, 0.4) is 0 Å². The lowest BCUT2D eigenvalue weighted by atomic mass is 10.1. The van der Waals surface area contributed by atoms with E-state index in [0.717, 1.165) is 4.83 Å². The van der Waals surface area contributed by atoms with Crippen molar-refractivity contribution in [3.8, 4) is 0 Å². The standard InChI is InChI=1S/C22H27F2N9OS/c1-13-10-31(8-9-33(13)18-17-19(35-12-26-17)30-20(25)29-18)21(34)28-15-4-5-16(27-14(15)2)32-7-3-6-22(23,24)11-32/h4-5,12-13H,3,6-11H2,1-2H3,(H,28,34)(H2,25,29,30). The molecule has 1 atom stereocenters. The summed E-state index contributed by atoms with van der Waals surface area (Å²) >= 11 is 1.41. The van der Waals surface area contributed by atoms with Crippen molar-refractivity contribution < 1.29 is 13.6 Å². The van der Waals surface area contributed by atoms with Gasteiger partial charge < -0.3 is 25.8 Å². The van der Waals surface area contributed by atoms with Gasteiger partial charge in [0, 0.05) is 38.6 Å². The maximum absolute atomic E-state index is 13.8. The molecule has 13 heteroatoms. The summed E-state index contributed by atoms with van der Waals surface area (Å²) in [5, 5.41) is 2.92. The van der Waals surface area contributed by atoms with E-state index in [2.05, 4.69) is 30.2 Å². The Balaban J connectivity index is 1.24. The highest BCUT2D eigenvalue weighted by Crippen LogP contribution is 2.31. The maximum atomic E-state index is 13.8. The smallest absolute Gasteiger partial charge is 0.322 e. The first-order valence-corrected chi connectivity index (χ1v) is 12.4. The van der Waals surface area contributed by atoms with Crippen molar-refractivity contribution in [3.05, 3.63) is 23.3 Å². The normalized spacial score (nSPS) is 20.3. The summed E-state index contributed by atoms with van der Waals surface area (Å²) in [6.07, 6.45) is 0.327. The Labute approximate surface area is 205 Å². The number of carbonyl (C=O) groups is 1. The van der Waals surface area contributed by atoms with Gasteiger partial charge in [-0.05, 0) is 32.4 Å². The van der Waals surface area contributed by atoms with E-state index in [1.165, 1.54) is 11.3 Å². The van der Waals surface area contributed by atoms with Gasteiger partial charge in [-0.25, -0.2) is 28.5 Å². The summed E-state index contributed by atoms with van der Waals surface area (Å²) in [6, 6.07) is 3.16. The number of thiazole rings is 1. The number of piperazine rings is 1. The molecule has 0 saturated carbocycles. The Morgan fingerprint density at radius 1 is 1.23 bits per heavy atom. The second-order valence-electron chi connectivity index (χ2n) is 9.01. The number of carbonyl (C=O) groups excluding carboxylic acids is 1. The summed E-state index contributed by atoms with van der Waals surface area (Å²) in [5.74, 6) is -1.33. The molecule has 2 aliphatic rings. The third kappa shape index (κ3) is 4.77. The SMILES string of the molecule is Cc1nc(N2CCCC(F)(F)C2)ccc1NC(=O)N1CCN(c2nc(N)nc3scnc23)C(C)C1. The number of hydrogen-bond acceptors (Lipinski definition) is 9. The highest BCUT2D eigenvalue weighted by molar-refractivity contribution is 7.16. The quantitative estimate of drug-likeness (QED) is 0.559. The number of rotatable bonds is 3. The molecule has 3 aromatic heterocycles. The van der Waals surface area contributed by atoms with Crippen LogP contribution in [0.2, 0.25) is 0 Å². The average Bonchev–Trinajstić information content (AvgIpc) is 3.27. The zero-order valence-corrected chi connectivity index (χ0v) is 20.4. The molecule has 2 fully saturated rings. The van der Waals surface area contributed by atoms with Crippen LogP contribution in [-0.2, 0) is 0 Å². The lowest BCUT2D eigenvalue weighted by Gasteiger charge is -2.40. The molecule has 0 aromatic carbocycles. The summed E-state index contributed by atoms with van der Waals surface area (Å²) in [6.45, 7) is 5.52. The fourth-order valence-corrected chi connectivity index (χ4v) is 5.29. The number of nitrogens with zero attached hydrogens (tertiary/aromatic N) is 7. The Kier molecular flexibility index (Phi) is 6.03. The van der Waals surface area contributed by atoms with Crippen LogP contribution < -0.4 is 20.9 Å². The van der Waals surface area contributed by atoms with Crippen molar-refractivity contribution in [2.45, 2.75) is 38.7 Å². The molecule has 35 heavy (non-hydrogen) atoms. The maximum Gasteiger partial charge on any atom is 0.322 e. The van der Waals surface area contributed by atoms with Crippen LogP contribution in [0, 0.1) is 6.92 Å². The van der Waals surface area contributed by atoms with Gasteiger partial charge in [0.15, 0.2) is 10.6 Å². The lowest BCUT2D eigenvalue weighted by Crippen LogP contribution is -2.55. The second kappa shape index (κ2) is 9.02. The van der Waals surface area contributed by atoms with E-state index in [-0.39, 0.29) is 31.0 Å². The second-order valence-corrected chi connectivity index (χ2v) is 9.85. The van der Waals surface area contributed by atoms with Gasteiger partial charge in [0.1, 0.15) is 11.3 Å². The average molecular weight is 504 g/mol. The molecule has 1 unspecified atom stereocenters. The number of halogens is 2. The van der Waals surface area contributed by atoms with E-state index < -0.39 is 5.92 Å². The number of nitrogens with one attached hydrogen (secondary N) is 1. The topological polar surface area (TPSA) is 116 Å². The van der Waals surface area contributed by atoms with Crippen LogP contribution in [0.5, 0.6) is 0 Å². The van der Waals surface area contributed by atoms with E-state index in [0.29, 0.717) is 61.1 Å². The van der Waals surface area contributed by atoms with Gasteiger partial charge in [-0.2, -0.15) is 4.98 Å². The number of alkyl halides is 2. The molecule has 2 saturated heterocycles. The predicted octanol–water partition coefficient (Wildman–Crippen LogP) is 3.35. The van der Waals surface area contributed by atoms with Crippen LogP contribution in [0.1, 0.15) is 25.5 Å². The van der Waals surface area contributed by atoms with Crippen molar-refractivity contribution >= 4 is 51.0 Å².